The minimum Gasteiger partial charge on any atom is -0.497 e. The second kappa shape index (κ2) is 40.4. The first-order valence-corrected chi connectivity index (χ1v) is 33.7. The maximum absolute atomic E-state index is 10.8. The number of nitrogens with zero attached hydrogens (tertiary/aromatic N) is 3. The average Bonchev–Trinajstić information content (AvgIpc) is 0.765. The summed E-state index contributed by atoms with van der Waals surface area (Å²) in [6, 6.07) is 66.9. The first kappa shape index (κ1) is 69.6. The molecule has 14 nitrogen and oxygen atoms in total. The van der Waals surface area contributed by atoms with Crippen LogP contribution in [0.4, 0.5) is 0 Å². The maximum atomic E-state index is 10.8. The normalized spacial score (nSPS) is 22.2. The van der Waals surface area contributed by atoms with E-state index in [4.69, 9.17) is 52.1 Å². The van der Waals surface area contributed by atoms with Crippen LogP contribution < -0.4 is 4.74 Å². The topological polar surface area (TPSA) is 150 Å². The second-order valence-electron chi connectivity index (χ2n) is 24.2. The van der Waals surface area contributed by atoms with Gasteiger partial charge in [0.05, 0.1) is 60.0 Å². The summed E-state index contributed by atoms with van der Waals surface area (Å²) in [5.41, 5.74) is 17.4. The summed E-state index contributed by atoms with van der Waals surface area (Å²) in [6.07, 6.45) is 8.14. The van der Waals surface area contributed by atoms with E-state index in [0.717, 1.165) is 64.0 Å². The molecule has 1 aliphatic carbocycles. The van der Waals surface area contributed by atoms with Gasteiger partial charge in [0.1, 0.15) is 66.7 Å². The molecule has 92 heavy (non-hydrogen) atoms. The molecule has 1 unspecified atom stereocenters. The Bertz CT molecular complexity index is 3080. The number of hydrogen-bond acceptors (Lipinski definition) is 12. The van der Waals surface area contributed by atoms with Crippen LogP contribution in [0.25, 0.3) is 10.4 Å². The van der Waals surface area contributed by atoms with E-state index in [1.807, 2.05) is 194 Å². The Morgan fingerprint density at radius 1 is 0.359 bits per heavy atom. The first-order chi connectivity index (χ1) is 45.6. The van der Waals surface area contributed by atoms with Crippen LogP contribution in [-0.2, 0) is 93.6 Å². The Balaban J connectivity index is 1.10. The van der Waals surface area contributed by atoms with Gasteiger partial charge in [0.2, 0.25) is 0 Å². The molecule has 0 amide bonds. The summed E-state index contributed by atoms with van der Waals surface area (Å²) < 4.78 is 77.9. The van der Waals surface area contributed by atoms with Gasteiger partial charge >= 0.3 is 0 Å². The van der Waals surface area contributed by atoms with Crippen LogP contribution in [0.3, 0.4) is 0 Å². The lowest BCUT2D eigenvalue weighted by Gasteiger charge is -2.52. The summed E-state index contributed by atoms with van der Waals surface area (Å²) in [5.74, 6) is 0.722. The van der Waals surface area contributed by atoms with E-state index in [9.17, 15) is 5.53 Å². The second-order valence-corrected chi connectivity index (χ2v) is 24.2. The third-order valence-corrected chi connectivity index (χ3v) is 17.3. The van der Waals surface area contributed by atoms with Gasteiger partial charge in [-0.2, -0.15) is 0 Å². The Morgan fingerprint density at radius 2 is 0.685 bits per heavy atom. The van der Waals surface area contributed by atoms with Crippen LogP contribution in [0.1, 0.15) is 136 Å². The third-order valence-electron chi connectivity index (χ3n) is 17.3. The Hall–Kier alpha value is -6.75. The zero-order chi connectivity index (χ0) is 63.5. The fourth-order valence-electron chi connectivity index (χ4n) is 12.2. The molecular weight excluding hydrogens is 1150 g/mol. The van der Waals surface area contributed by atoms with Crippen LogP contribution in [0.2, 0.25) is 0 Å². The van der Waals surface area contributed by atoms with Crippen molar-refractivity contribution in [1.82, 2.24) is 0 Å². The van der Waals surface area contributed by atoms with Gasteiger partial charge in [-0.15, -0.1) is 0 Å². The van der Waals surface area contributed by atoms with Crippen LogP contribution in [0, 0.1) is 0 Å². The summed E-state index contributed by atoms with van der Waals surface area (Å²) >= 11 is 0. The Kier molecular flexibility index (Phi) is 30.5. The molecule has 9 rings (SSSR count). The molecule has 0 N–H and O–H groups in total. The van der Waals surface area contributed by atoms with Crippen molar-refractivity contribution in [2.45, 2.75) is 210 Å². The maximum Gasteiger partial charge on any atom is 0.169 e. The first-order valence-electron chi connectivity index (χ1n) is 33.7. The Labute approximate surface area is 546 Å². The van der Waals surface area contributed by atoms with Gasteiger partial charge in [-0.25, -0.2) is 0 Å². The quantitative estimate of drug-likeness (QED) is 0.0156. The molecule has 2 fully saturated rings. The van der Waals surface area contributed by atoms with Crippen LogP contribution in [-0.4, -0.2) is 87.6 Å². The van der Waals surface area contributed by atoms with Crippen molar-refractivity contribution in [1.29, 1.82) is 0 Å². The number of methoxy groups -OCH3 is 1. The molecule has 0 spiro atoms. The van der Waals surface area contributed by atoms with Crippen molar-refractivity contribution >= 4 is 0 Å². The van der Waals surface area contributed by atoms with Gasteiger partial charge in [0, 0.05) is 11.5 Å². The molecule has 7 aromatic rings. The zero-order valence-electron chi connectivity index (χ0n) is 54.1. The highest BCUT2D eigenvalue weighted by atomic mass is 16.7. The standard InChI is InChI=1S/C78H97N3O11/c1-3-4-5-6-7-8-9-10-11-12-13-14-15-34-51-84-72-73(87-55-63-41-28-19-29-42-63)74(88-56-64-43-30-20-31-44-64)76(89-57-65-45-32-21-33-46-65)77(75(72)90-58-66-47-49-67(82-2)50-48-66)92-78-69(80-81-79)71(86-54-62-39-26-18-27-40-62)70(85-53-61-37-24-17-25-38-61)68(91-78)59-83-52-60-35-22-16-23-36-60/h16-33,35-50,68-78H,3-15,34,51-59H2,1-2H3/t68-,69-,70-,71-,72-,73+,74-,75-,76+,77+,78?/m1/s1. The molecule has 0 radical (unpaired) electrons. The van der Waals surface area contributed by atoms with E-state index in [-0.39, 0.29) is 46.2 Å². The predicted octanol–water partition coefficient (Wildman–Crippen LogP) is 17.4. The Morgan fingerprint density at radius 3 is 1.07 bits per heavy atom. The lowest BCUT2D eigenvalue weighted by atomic mass is 9.83. The number of hydrogen-bond donors (Lipinski definition) is 0. The fourth-order valence-corrected chi connectivity index (χ4v) is 12.2. The summed E-state index contributed by atoms with van der Waals surface area (Å²) in [4.78, 5) is 3.51. The third kappa shape index (κ3) is 22.8. The SMILES string of the molecule is CCCCCCCCCCCCCCCCO[C@@H]1[C@H](OCc2ccccc2)[C@@H](OCc2ccccc2)[C@H](OCc2ccccc2)[C@@H](OC2O[C@H](COCc3ccccc3)[C@@H](OCc3ccccc3)[C@H](OCc3ccccc3)[C@H]2N=[N+]=[N-])[C@@H]1OCc1ccc(OC)cc1. The van der Waals surface area contributed by atoms with Crippen molar-refractivity contribution in [3.63, 3.8) is 0 Å². The highest BCUT2D eigenvalue weighted by Crippen LogP contribution is 2.40. The van der Waals surface area contributed by atoms with E-state index in [0.29, 0.717) is 13.2 Å². The van der Waals surface area contributed by atoms with Gasteiger partial charge in [0.25, 0.3) is 0 Å². The van der Waals surface area contributed by atoms with Crippen molar-refractivity contribution in [2.24, 2.45) is 5.11 Å². The minimum absolute atomic E-state index is 0.0710. The smallest absolute Gasteiger partial charge is 0.169 e. The highest BCUT2D eigenvalue weighted by molar-refractivity contribution is 5.27. The summed E-state index contributed by atoms with van der Waals surface area (Å²) in [5, 5.41) is 4.56. The van der Waals surface area contributed by atoms with Crippen LogP contribution in [0.15, 0.2) is 211 Å². The van der Waals surface area contributed by atoms with Crippen molar-refractivity contribution in [3.05, 3.63) is 256 Å². The van der Waals surface area contributed by atoms with Crippen molar-refractivity contribution in [2.75, 3.05) is 20.3 Å². The van der Waals surface area contributed by atoms with Gasteiger partial charge in [0.15, 0.2) is 6.29 Å². The number of benzene rings is 7. The molecule has 7 aromatic carbocycles. The molecule has 490 valence electrons. The molecule has 0 bridgehead atoms. The average molecular weight is 1250 g/mol. The van der Waals surface area contributed by atoms with Crippen molar-refractivity contribution < 1.29 is 52.1 Å². The number of rotatable bonds is 42. The molecular formula is C78H97N3O11. The monoisotopic (exact) mass is 1250 g/mol. The van der Waals surface area contributed by atoms with Crippen molar-refractivity contribution in [3.8, 4) is 5.75 Å². The van der Waals surface area contributed by atoms with E-state index in [2.05, 4.69) is 29.1 Å². The van der Waals surface area contributed by atoms with E-state index in [1.54, 1.807) is 7.11 Å². The summed E-state index contributed by atoms with van der Waals surface area (Å²) in [6.45, 7) is 4.25. The molecule has 2 aliphatic rings. The van der Waals surface area contributed by atoms with Gasteiger partial charge < -0.3 is 52.1 Å². The van der Waals surface area contributed by atoms with E-state index < -0.39 is 67.3 Å². The van der Waals surface area contributed by atoms with E-state index >= 15 is 0 Å². The molecule has 1 saturated carbocycles. The molecule has 1 saturated heterocycles. The fraction of sp³-hybridized carbons (Fsp3) is 0.462. The highest BCUT2D eigenvalue weighted by Gasteiger charge is 2.58. The molecule has 1 heterocycles. The predicted molar refractivity (Wildman–Crippen MR) is 359 cm³/mol. The lowest BCUT2D eigenvalue weighted by molar-refractivity contribution is -0.342. The number of unbranched alkanes of at least 4 members (excludes halogenated alkanes) is 13. The largest absolute Gasteiger partial charge is 0.497 e. The minimum atomic E-state index is -1.29. The molecule has 11 atom stereocenters. The molecule has 0 aromatic heterocycles. The van der Waals surface area contributed by atoms with E-state index in [1.165, 1.54) is 70.6 Å². The van der Waals surface area contributed by atoms with Crippen LogP contribution >= 0.6 is 0 Å². The van der Waals surface area contributed by atoms with Crippen LogP contribution in [0.5, 0.6) is 5.75 Å². The number of azide groups is 1. The zero-order valence-corrected chi connectivity index (χ0v) is 54.1. The molecule has 14 heteroatoms. The lowest BCUT2D eigenvalue weighted by Crippen LogP contribution is -2.69. The van der Waals surface area contributed by atoms with Gasteiger partial charge in [-0.3, -0.25) is 0 Å². The number of ether oxygens (including phenoxy) is 11. The summed E-state index contributed by atoms with van der Waals surface area (Å²) in [7, 11) is 1.66. The van der Waals surface area contributed by atoms with Gasteiger partial charge in [-0.1, -0.05) is 290 Å². The molecule has 1 aliphatic heterocycles. The van der Waals surface area contributed by atoms with Gasteiger partial charge in [-0.05, 0) is 63.0 Å².